The van der Waals surface area contributed by atoms with E-state index in [0.717, 1.165) is 10.1 Å². The number of nitrogens with one attached hydrogen (secondary N) is 3. The molecule has 8 heteroatoms. The number of nitrogens with zero attached hydrogens (tertiary/aromatic N) is 1. The van der Waals surface area contributed by atoms with Gasteiger partial charge in [0.25, 0.3) is 11.5 Å². The molecule has 4 rings (SSSR count). The number of amides is 1. The Bertz CT molecular complexity index is 1210. The monoisotopic (exact) mass is 382 g/mol. The number of carbonyl (C=O) groups excluding carboxylic acids is 1. The Morgan fingerprint density at radius 1 is 1.25 bits per heavy atom. The number of halogens is 1. The van der Waals surface area contributed by atoms with E-state index in [1.165, 1.54) is 18.2 Å². The molecule has 2 heterocycles. The number of rotatable bonds is 3. The van der Waals surface area contributed by atoms with Crippen LogP contribution in [0.3, 0.4) is 0 Å². The van der Waals surface area contributed by atoms with Crippen LogP contribution in [0, 0.1) is 5.82 Å². The molecule has 7 nitrogen and oxygen atoms in total. The van der Waals surface area contributed by atoms with Crippen LogP contribution in [0.25, 0.3) is 10.9 Å². The number of aromatic nitrogens is 2. The molecular weight excluding hydrogens is 363 g/mol. The van der Waals surface area contributed by atoms with Gasteiger partial charge in [-0.1, -0.05) is 6.07 Å². The lowest BCUT2D eigenvalue weighted by Crippen LogP contribution is -2.34. The molecular formula is C20H19FN4O3. The molecule has 1 aliphatic heterocycles. The molecule has 0 spiro atoms. The van der Waals surface area contributed by atoms with Crippen LogP contribution in [0.5, 0.6) is 0 Å². The number of hydrogen-bond donors (Lipinski definition) is 3. The quantitative estimate of drug-likeness (QED) is 0.643. The van der Waals surface area contributed by atoms with E-state index in [9.17, 15) is 18.8 Å². The summed E-state index contributed by atoms with van der Waals surface area (Å²) in [5.41, 5.74) is 1.15. The summed E-state index contributed by atoms with van der Waals surface area (Å²) in [6.45, 7) is 3.25. The van der Waals surface area contributed by atoms with E-state index >= 15 is 0 Å². The third-order valence-electron chi connectivity index (χ3n) is 5.02. The minimum Gasteiger partial charge on any atom is -0.319 e. The predicted octanol–water partition coefficient (Wildman–Crippen LogP) is 1.75. The maximum atomic E-state index is 14.7. The average Bonchev–Trinajstić information content (AvgIpc) is 2.70. The molecule has 0 aliphatic carbocycles. The van der Waals surface area contributed by atoms with E-state index in [4.69, 9.17) is 0 Å². The first-order chi connectivity index (χ1) is 13.5. The summed E-state index contributed by atoms with van der Waals surface area (Å²) in [5, 5.41) is 6.07. The Kier molecular flexibility index (Phi) is 4.56. The van der Waals surface area contributed by atoms with Gasteiger partial charge in [0.05, 0.1) is 16.6 Å². The molecule has 0 saturated carbocycles. The van der Waals surface area contributed by atoms with E-state index in [1.807, 2.05) is 0 Å². The van der Waals surface area contributed by atoms with Crippen LogP contribution in [-0.4, -0.2) is 22.0 Å². The van der Waals surface area contributed by atoms with Crippen LogP contribution in [0.1, 0.15) is 28.4 Å². The predicted molar refractivity (Wildman–Crippen MR) is 104 cm³/mol. The molecule has 1 amide bonds. The second-order valence-corrected chi connectivity index (χ2v) is 6.69. The molecule has 1 aromatic heterocycles. The largest absolute Gasteiger partial charge is 0.328 e. The molecule has 0 unspecified atom stereocenters. The van der Waals surface area contributed by atoms with Crippen molar-refractivity contribution in [3.05, 3.63) is 73.7 Å². The second-order valence-electron chi connectivity index (χ2n) is 6.69. The van der Waals surface area contributed by atoms with Gasteiger partial charge in [0, 0.05) is 18.7 Å². The van der Waals surface area contributed by atoms with Crippen LogP contribution >= 0.6 is 0 Å². The lowest BCUT2D eigenvalue weighted by atomic mass is 9.99. The molecule has 0 saturated heterocycles. The van der Waals surface area contributed by atoms with E-state index in [0.29, 0.717) is 30.5 Å². The lowest BCUT2D eigenvalue weighted by Gasteiger charge is -2.19. The van der Waals surface area contributed by atoms with E-state index in [2.05, 4.69) is 15.6 Å². The van der Waals surface area contributed by atoms with E-state index in [1.54, 1.807) is 19.1 Å². The van der Waals surface area contributed by atoms with Gasteiger partial charge < -0.3 is 15.6 Å². The van der Waals surface area contributed by atoms with E-state index < -0.39 is 23.0 Å². The van der Waals surface area contributed by atoms with Gasteiger partial charge in [-0.25, -0.2) is 9.18 Å². The van der Waals surface area contributed by atoms with Gasteiger partial charge in [0.15, 0.2) is 0 Å². The highest BCUT2D eigenvalue weighted by atomic mass is 19.1. The van der Waals surface area contributed by atoms with Crippen LogP contribution in [0.2, 0.25) is 0 Å². The van der Waals surface area contributed by atoms with Crippen LogP contribution in [0.4, 0.5) is 10.1 Å². The van der Waals surface area contributed by atoms with Gasteiger partial charge in [-0.2, -0.15) is 0 Å². The SMILES string of the molecule is CCn1c(=O)[nH]c2cc(C(=O)Nc3ccc4c(c3F)CCNC4)ccc2c1=O. The Morgan fingerprint density at radius 2 is 2.07 bits per heavy atom. The highest BCUT2D eigenvalue weighted by Crippen LogP contribution is 2.25. The minimum absolute atomic E-state index is 0.112. The smallest absolute Gasteiger partial charge is 0.319 e. The van der Waals surface area contributed by atoms with Crippen molar-refractivity contribution in [3.8, 4) is 0 Å². The fraction of sp³-hybridized carbons (Fsp3) is 0.250. The summed E-state index contributed by atoms with van der Waals surface area (Å²) in [6, 6.07) is 7.74. The van der Waals surface area contributed by atoms with Gasteiger partial charge in [-0.15, -0.1) is 0 Å². The summed E-state index contributed by atoms with van der Waals surface area (Å²) in [6.07, 6.45) is 0.561. The number of anilines is 1. The molecule has 0 atom stereocenters. The summed E-state index contributed by atoms with van der Waals surface area (Å²) in [4.78, 5) is 39.5. The van der Waals surface area contributed by atoms with Crippen molar-refractivity contribution in [2.75, 3.05) is 11.9 Å². The fourth-order valence-corrected chi connectivity index (χ4v) is 3.51. The first-order valence-corrected chi connectivity index (χ1v) is 9.08. The van der Waals surface area contributed by atoms with Crippen molar-refractivity contribution in [2.24, 2.45) is 0 Å². The lowest BCUT2D eigenvalue weighted by molar-refractivity contribution is 0.102. The van der Waals surface area contributed by atoms with Crippen molar-refractivity contribution < 1.29 is 9.18 Å². The van der Waals surface area contributed by atoms with Crippen LogP contribution in [0.15, 0.2) is 39.9 Å². The molecule has 1 aliphatic rings. The number of hydrogen-bond acceptors (Lipinski definition) is 4. The van der Waals surface area contributed by atoms with Gasteiger partial charge in [0.1, 0.15) is 5.82 Å². The number of aromatic amines is 1. The summed E-state index contributed by atoms with van der Waals surface area (Å²) in [5.74, 6) is -0.942. The highest BCUT2D eigenvalue weighted by Gasteiger charge is 2.18. The number of H-pyrrole nitrogens is 1. The molecule has 3 N–H and O–H groups in total. The molecule has 2 aromatic carbocycles. The van der Waals surface area contributed by atoms with E-state index in [-0.39, 0.29) is 23.3 Å². The van der Waals surface area contributed by atoms with Gasteiger partial charge >= 0.3 is 5.69 Å². The van der Waals surface area contributed by atoms with Gasteiger partial charge in [-0.05, 0) is 55.3 Å². The fourth-order valence-electron chi connectivity index (χ4n) is 3.51. The van der Waals surface area contributed by atoms with Crippen molar-refractivity contribution >= 4 is 22.5 Å². The first kappa shape index (κ1) is 18.1. The van der Waals surface area contributed by atoms with Crippen molar-refractivity contribution in [1.82, 2.24) is 14.9 Å². The maximum absolute atomic E-state index is 14.7. The Hall–Kier alpha value is -3.26. The second kappa shape index (κ2) is 7.05. The van der Waals surface area contributed by atoms with Crippen LogP contribution < -0.4 is 21.9 Å². The third-order valence-corrected chi connectivity index (χ3v) is 5.02. The third kappa shape index (κ3) is 3.01. The highest BCUT2D eigenvalue weighted by molar-refractivity contribution is 6.06. The van der Waals surface area contributed by atoms with Gasteiger partial charge in [0.2, 0.25) is 0 Å². The normalized spacial score (nSPS) is 13.4. The zero-order valence-electron chi connectivity index (χ0n) is 15.3. The molecule has 3 aromatic rings. The number of carbonyl (C=O) groups is 1. The molecule has 0 bridgehead atoms. The van der Waals surface area contributed by atoms with Crippen molar-refractivity contribution in [3.63, 3.8) is 0 Å². The molecule has 28 heavy (non-hydrogen) atoms. The average molecular weight is 382 g/mol. The zero-order chi connectivity index (χ0) is 19.8. The summed E-state index contributed by atoms with van der Waals surface area (Å²) >= 11 is 0. The standard InChI is InChI=1S/C20H19FN4O3/c1-2-25-19(27)14-5-3-11(9-16(14)24-20(25)28)18(26)23-15-6-4-12-10-22-8-7-13(12)17(15)21/h3-6,9,22H,2,7-8,10H2,1H3,(H,23,26)(H,24,28). The molecule has 0 fully saturated rings. The summed E-state index contributed by atoms with van der Waals surface area (Å²) < 4.78 is 15.8. The van der Waals surface area contributed by atoms with Crippen molar-refractivity contribution in [1.29, 1.82) is 0 Å². The van der Waals surface area contributed by atoms with Crippen LogP contribution in [-0.2, 0) is 19.5 Å². The minimum atomic E-state index is -0.535. The van der Waals surface area contributed by atoms with Crippen molar-refractivity contribution in [2.45, 2.75) is 26.4 Å². The first-order valence-electron chi connectivity index (χ1n) is 9.08. The zero-order valence-corrected chi connectivity index (χ0v) is 15.3. The van der Waals surface area contributed by atoms with Gasteiger partial charge in [-0.3, -0.25) is 14.2 Å². The Balaban J connectivity index is 1.68. The molecule has 0 radical (unpaired) electrons. The maximum Gasteiger partial charge on any atom is 0.328 e. The Morgan fingerprint density at radius 3 is 2.86 bits per heavy atom. The number of benzene rings is 2. The Labute approximate surface area is 159 Å². The summed E-state index contributed by atoms with van der Waals surface area (Å²) in [7, 11) is 0. The molecule has 144 valence electrons. The topological polar surface area (TPSA) is 96.0 Å². The number of fused-ring (bicyclic) bond motifs is 2.